The Morgan fingerprint density at radius 3 is 2.47 bits per heavy atom. The summed E-state index contributed by atoms with van der Waals surface area (Å²) in [5.74, 6) is 2.28. The fraction of sp³-hybridized carbons (Fsp3) is 0.348. The van der Waals surface area contributed by atoms with Crippen LogP contribution in [0.25, 0.3) is 11.4 Å². The molecule has 7 nitrogen and oxygen atoms in total. The van der Waals surface area contributed by atoms with Crippen LogP contribution in [0.1, 0.15) is 40.6 Å². The minimum Gasteiger partial charge on any atom is -0.497 e. The number of amides is 1. The van der Waals surface area contributed by atoms with Crippen LogP contribution in [0.5, 0.6) is 11.5 Å². The number of methoxy groups -OCH3 is 2. The molecule has 2 aromatic carbocycles. The molecule has 156 valence electrons. The summed E-state index contributed by atoms with van der Waals surface area (Å²) in [5, 5.41) is 4.14. The van der Waals surface area contributed by atoms with Crippen LogP contribution >= 0.6 is 0 Å². The van der Waals surface area contributed by atoms with Gasteiger partial charge >= 0.3 is 0 Å². The molecular formula is C23H25N3O4. The SMILES string of the molecule is COc1cc(OC)cc(C(=O)N2CCCC(c3nc(-c4ccc(C)cc4)no3)C2)c1. The molecule has 1 amide bonds. The summed E-state index contributed by atoms with van der Waals surface area (Å²) in [7, 11) is 3.14. The summed E-state index contributed by atoms with van der Waals surface area (Å²) in [5.41, 5.74) is 2.64. The fourth-order valence-corrected chi connectivity index (χ4v) is 3.70. The van der Waals surface area contributed by atoms with Crippen LogP contribution in [0, 0.1) is 6.92 Å². The topological polar surface area (TPSA) is 77.7 Å². The number of likely N-dealkylation sites (tertiary alicyclic amines) is 1. The Morgan fingerprint density at radius 1 is 1.10 bits per heavy atom. The number of hydrogen-bond donors (Lipinski definition) is 0. The Kier molecular flexibility index (Phi) is 5.70. The van der Waals surface area contributed by atoms with E-state index < -0.39 is 0 Å². The summed E-state index contributed by atoms with van der Waals surface area (Å²) in [4.78, 5) is 19.6. The highest BCUT2D eigenvalue weighted by molar-refractivity contribution is 5.95. The Hall–Kier alpha value is -3.35. The van der Waals surface area contributed by atoms with Crippen molar-refractivity contribution in [3.63, 3.8) is 0 Å². The second-order valence-corrected chi connectivity index (χ2v) is 7.51. The maximum absolute atomic E-state index is 13.1. The number of aryl methyl sites for hydroxylation is 1. The maximum atomic E-state index is 13.1. The fourth-order valence-electron chi connectivity index (χ4n) is 3.70. The van der Waals surface area contributed by atoms with Crippen molar-refractivity contribution in [2.75, 3.05) is 27.3 Å². The highest BCUT2D eigenvalue weighted by Crippen LogP contribution is 2.30. The van der Waals surface area contributed by atoms with Gasteiger partial charge in [-0.05, 0) is 31.9 Å². The van der Waals surface area contributed by atoms with Gasteiger partial charge in [-0.2, -0.15) is 4.98 Å². The Bertz CT molecular complexity index is 1010. The maximum Gasteiger partial charge on any atom is 0.254 e. The van der Waals surface area contributed by atoms with E-state index in [1.54, 1.807) is 32.4 Å². The van der Waals surface area contributed by atoms with Gasteiger partial charge in [0.25, 0.3) is 5.91 Å². The van der Waals surface area contributed by atoms with Crippen molar-refractivity contribution in [2.45, 2.75) is 25.7 Å². The molecule has 0 spiro atoms. The van der Waals surface area contributed by atoms with E-state index in [4.69, 9.17) is 14.0 Å². The van der Waals surface area contributed by atoms with Crippen LogP contribution in [0.4, 0.5) is 0 Å². The summed E-state index contributed by atoms with van der Waals surface area (Å²) in [6, 6.07) is 13.2. The van der Waals surface area contributed by atoms with E-state index in [-0.39, 0.29) is 11.8 Å². The number of benzene rings is 2. The van der Waals surface area contributed by atoms with Gasteiger partial charge in [0.2, 0.25) is 11.7 Å². The molecular weight excluding hydrogens is 382 g/mol. The van der Waals surface area contributed by atoms with Gasteiger partial charge in [0.1, 0.15) is 11.5 Å². The lowest BCUT2D eigenvalue weighted by Crippen LogP contribution is -2.39. The van der Waals surface area contributed by atoms with Crippen molar-refractivity contribution >= 4 is 5.91 Å². The smallest absolute Gasteiger partial charge is 0.254 e. The molecule has 0 saturated carbocycles. The largest absolute Gasteiger partial charge is 0.497 e. The van der Waals surface area contributed by atoms with E-state index in [2.05, 4.69) is 10.1 Å². The van der Waals surface area contributed by atoms with Crippen LogP contribution in [-0.2, 0) is 0 Å². The zero-order chi connectivity index (χ0) is 21.1. The summed E-state index contributed by atoms with van der Waals surface area (Å²) < 4.78 is 16.1. The molecule has 0 aliphatic carbocycles. The molecule has 0 radical (unpaired) electrons. The number of piperidine rings is 1. The standard InChI is InChI=1S/C23H25N3O4/c1-15-6-8-16(9-7-15)21-24-22(30-25-21)17-5-4-10-26(14-17)23(27)18-11-19(28-2)13-20(12-18)29-3/h6-9,11-13,17H,4-5,10,14H2,1-3H3. The van der Waals surface area contributed by atoms with E-state index in [1.807, 2.05) is 36.1 Å². The van der Waals surface area contributed by atoms with Gasteiger partial charge in [0.05, 0.1) is 20.1 Å². The molecule has 3 aromatic rings. The monoisotopic (exact) mass is 407 g/mol. The Labute approximate surface area is 175 Å². The van der Waals surface area contributed by atoms with Crippen molar-refractivity contribution < 1.29 is 18.8 Å². The predicted molar refractivity (Wildman–Crippen MR) is 112 cm³/mol. The van der Waals surface area contributed by atoms with Crippen molar-refractivity contribution in [3.8, 4) is 22.9 Å². The lowest BCUT2D eigenvalue weighted by atomic mass is 9.97. The third-order valence-corrected chi connectivity index (χ3v) is 5.41. The lowest BCUT2D eigenvalue weighted by Gasteiger charge is -2.31. The average molecular weight is 407 g/mol. The number of nitrogens with zero attached hydrogens (tertiary/aromatic N) is 3. The highest BCUT2D eigenvalue weighted by atomic mass is 16.5. The number of rotatable bonds is 5. The van der Waals surface area contributed by atoms with Gasteiger partial charge in [0.15, 0.2) is 0 Å². The quantitative estimate of drug-likeness (QED) is 0.634. The molecule has 0 bridgehead atoms. The minimum atomic E-state index is -0.0600. The average Bonchev–Trinajstić information content (AvgIpc) is 3.29. The first kappa shape index (κ1) is 19.9. The third-order valence-electron chi connectivity index (χ3n) is 5.41. The molecule has 1 unspecified atom stereocenters. The van der Waals surface area contributed by atoms with Gasteiger partial charge in [-0.3, -0.25) is 4.79 Å². The normalized spacial score (nSPS) is 16.4. The van der Waals surface area contributed by atoms with Crippen molar-refractivity contribution in [3.05, 3.63) is 59.5 Å². The van der Waals surface area contributed by atoms with Crippen LogP contribution in [0.15, 0.2) is 47.0 Å². The molecule has 7 heteroatoms. The van der Waals surface area contributed by atoms with Gasteiger partial charge < -0.3 is 18.9 Å². The molecule has 1 aliphatic rings. The molecule has 2 heterocycles. The molecule has 30 heavy (non-hydrogen) atoms. The van der Waals surface area contributed by atoms with E-state index in [0.29, 0.717) is 41.9 Å². The summed E-state index contributed by atoms with van der Waals surface area (Å²) in [6.07, 6.45) is 1.78. The first-order valence-corrected chi connectivity index (χ1v) is 10.0. The number of aromatic nitrogens is 2. The van der Waals surface area contributed by atoms with Crippen LogP contribution in [0.2, 0.25) is 0 Å². The highest BCUT2D eigenvalue weighted by Gasteiger charge is 2.29. The van der Waals surface area contributed by atoms with E-state index in [0.717, 1.165) is 18.4 Å². The Balaban J connectivity index is 1.51. The second kappa shape index (κ2) is 8.57. The molecule has 1 atom stereocenters. The summed E-state index contributed by atoms with van der Waals surface area (Å²) in [6.45, 7) is 3.26. The zero-order valence-electron chi connectivity index (χ0n) is 17.4. The molecule has 1 aromatic heterocycles. The van der Waals surface area contributed by atoms with E-state index in [9.17, 15) is 4.79 Å². The van der Waals surface area contributed by atoms with Gasteiger partial charge in [-0.1, -0.05) is 35.0 Å². The van der Waals surface area contributed by atoms with Gasteiger partial charge in [-0.25, -0.2) is 0 Å². The van der Waals surface area contributed by atoms with E-state index in [1.165, 1.54) is 5.56 Å². The van der Waals surface area contributed by atoms with Crippen molar-refractivity contribution in [1.82, 2.24) is 15.0 Å². The first-order valence-electron chi connectivity index (χ1n) is 10.0. The molecule has 0 N–H and O–H groups in total. The van der Waals surface area contributed by atoms with E-state index >= 15 is 0 Å². The number of hydrogen-bond acceptors (Lipinski definition) is 6. The first-order chi connectivity index (χ1) is 14.6. The van der Waals surface area contributed by atoms with Crippen molar-refractivity contribution in [2.24, 2.45) is 0 Å². The molecule has 1 saturated heterocycles. The van der Waals surface area contributed by atoms with Gasteiger partial charge in [0, 0.05) is 30.3 Å². The van der Waals surface area contributed by atoms with Crippen LogP contribution < -0.4 is 9.47 Å². The predicted octanol–water partition coefficient (Wildman–Crippen LogP) is 4.08. The number of carbonyl (C=O) groups excluding carboxylic acids is 1. The van der Waals surface area contributed by atoms with Crippen LogP contribution in [0.3, 0.4) is 0 Å². The summed E-state index contributed by atoms with van der Waals surface area (Å²) >= 11 is 0. The van der Waals surface area contributed by atoms with Crippen molar-refractivity contribution in [1.29, 1.82) is 0 Å². The molecule has 4 rings (SSSR count). The van der Waals surface area contributed by atoms with Gasteiger partial charge in [-0.15, -0.1) is 0 Å². The Morgan fingerprint density at radius 2 is 1.80 bits per heavy atom. The minimum absolute atomic E-state index is 0.0156. The number of carbonyl (C=O) groups is 1. The van der Waals surface area contributed by atoms with Crippen LogP contribution in [-0.4, -0.2) is 48.3 Å². The number of ether oxygens (including phenoxy) is 2. The lowest BCUT2D eigenvalue weighted by molar-refractivity contribution is 0.0695. The zero-order valence-corrected chi connectivity index (χ0v) is 17.4. The molecule has 1 fully saturated rings. The second-order valence-electron chi connectivity index (χ2n) is 7.51. The third kappa shape index (κ3) is 4.15. The molecule has 1 aliphatic heterocycles.